The van der Waals surface area contributed by atoms with Gasteiger partial charge in [-0.25, -0.2) is 4.79 Å². The highest BCUT2D eigenvalue weighted by Gasteiger charge is 2.33. The van der Waals surface area contributed by atoms with Crippen LogP contribution in [0.3, 0.4) is 0 Å². The molecule has 1 aromatic heterocycles. The number of esters is 1. The third kappa shape index (κ3) is 3.41. The predicted molar refractivity (Wildman–Crippen MR) is 118 cm³/mol. The van der Waals surface area contributed by atoms with Crippen molar-refractivity contribution in [1.29, 1.82) is 0 Å². The van der Waals surface area contributed by atoms with E-state index in [-0.39, 0.29) is 5.97 Å². The fourth-order valence-electron chi connectivity index (χ4n) is 3.89. The van der Waals surface area contributed by atoms with Crippen LogP contribution in [0.15, 0.2) is 78.9 Å². The molecular formula is C26H24NO3+. The summed E-state index contributed by atoms with van der Waals surface area (Å²) in [7, 11) is 1.64. The fraction of sp³-hybridized carbons (Fsp3) is 0.154. The first-order valence-corrected chi connectivity index (χ1v) is 10.00. The van der Waals surface area contributed by atoms with Gasteiger partial charge in [0.15, 0.2) is 5.69 Å². The monoisotopic (exact) mass is 398 g/mol. The molecule has 0 saturated heterocycles. The van der Waals surface area contributed by atoms with Crippen molar-refractivity contribution in [3.8, 4) is 22.6 Å². The molecule has 4 rings (SSSR count). The molecule has 4 aromatic rings. The van der Waals surface area contributed by atoms with E-state index in [0.717, 1.165) is 39.0 Å². The van der Waals surface area contributed by atoms with Crippen LogP contribution in [-0.4, -0.2) is 19.7 Å². The van der Waals surface area contributed by atoms with Gasteiger partial charge in [-0.2, -0.15) is 4.57 Å². The summed E-state index contributed by atoms with van der Waals surface area (Å²) in [6.07, 6.45) is 0. The maximum Gasteiger partial charge on any atom is 0.404 e. The van der Waals surface area contributed by atoms with E-state index in [1.807, 2.05) is 85.1 Å². The van der Waals surface area contributed by atoms with Crippen LogP contribution in [0.5, 0.6) is 5.75 Å². The lowest BCUT2D eigenvalue weighted by molar-refractivity contribution is -0.603. The number of ether oxygens (including phenoxy) is 2. The molecule has 4 nitrogen and oxygen atoms in total. The van der Waals surface area contributed by atoms with Crippen LogP contribution >= 0.6 is 0 Å². The molecule has 0 aliphatic rings. The van der Waals surface area contributed by atoms with Crippen molar-refractivity contribution < 1.29 is 18.8 Å². The third-order valence-corrected chi connectivity index (χ3v) is 5.24. The number of rotatable bonds is 5. The molecule has 30 heavy (non-hydrogen) atoms. The van der Waals surface area contributed by atoms with Gasteiger partial charge in [0.2, 0.25) is 5.69 Å². The van der Waals surface area contributed by atoms with E-state index < -0.39 is 0 Å². The number of pyridine rings is 1. The molecule has 4 heteroatoms. The van der Waals surface area contributed by atoms with E-state index >= 15 is 0 Å². The zero-order valence-corrected chi connectivity index (χ0v) is 17.4. The van der Waals surface area contributed by atoms with E-state index in [9.17, 15) is 4.79 Å². The Morgan fingerprint density at radius 3 is 2.13 bits per heavy atom. The van der Waals surface area contributed by atoms with Crippen molar-refractivity contribution >= 4 is 16.7 Å². The number of fused-ring (bicyclic) bond motifs is 1. The highest BCUT2D eigenvalue weighted by Crippen LogP contribution is 2.33. The summed E-state index contributed by atoms with van der Waals surface area (Å²) in [6.45, 7) is 4.16. The van der Waals surface area contributed by atoms with Gasteiger partial charge >= 0.3 is 11.7 Å². The molecule has 3 aromatic carbocycles. The summed E-state index contributed by atoms with van der Waals surface area (Å²) < 4.78 is 12.8. The Hall–Kier alpha value is -3.66. The highest BCUT2D eigenvalue weighted by atomic mass is 16.5. The Bertz CT molecular complexity index is 1200. The van der Waals surface area contributed by atoms with E-state index in [0.29, 0.717) is 12.3 Å². The zero-order chi connectivity index (χ0) is 21.1. The molecule has 0 atom stereocenters. The Labute approximate surface area is 176 Å². The smallest absolute Gasteiger partial charge is 0.404 e. The number of aryl methyl sites for hydroxylation is 1. The number of hydrogen-bond acceptors (Lipinski definition) is 3. The third-order valence-electron chi connectivity index (χ3n) is 5.24. The fourth-order valence-corrected chi connectivity index (χ4v) is 3.89. The van der Waals surface area contributed by atoms with Gasteiger partial charge in [0, 0.05) is 29.8 Å². The number of carbonyl (C=O) groups excluding carboxylic acids is 1. The van der Waals surface area contributed by atoms with Gasteiger partial charge in [-0.15, -0.1) is 0 Å². The van der Waals surface area contributed by atoms with Crippen molar-refractivity contribution in [2.24, 2.45) is 0 Å². The SMILES string of the molecule is CCOC(=O)c1c(-c2ccccc2)c2ccccc2c(C)[n+]1-c1ccc(OC)cc1. The summed E-state index contributed by atoms with van der Waals surface area (Å²) in [6, 6.07) is 25.9. The first-order valence-electron chi connectivity index (χ1n) is 10.00. The molecule has 0 bridgehead atoms. The van der Waals surface area contributed by atoms with Crippen LogP contribution in [-0.2, 0) is 4.74 Å². The van der Waals surface area contributed by atoms with E-state index in [1.165, 1.54) is 0 Å². The average Bonchev–Trinajstić information content (AvgIpc) is 2.80. The lowest BCUT2D eigenvalue weighted by Gasteiger charge is -2.15. The summed E-state index contributed by atoms with van der Waals surface area (Å²) in [5.41, 5.74) is 4.20. The Kier molecular flexibility index (Phi) is 5.48. The van der Waals surface area contributed by atoms with Gasteiger partial charge in [-0.1, -0.05) is 48.5 Å². The second kappa shape index (κ2) is 8.37. The molecule has 0 spiro atoms. The average molecular weight is 398 g/mol. The number of aromatic nitrogens is 1. The van der Waals surface area contributed by atoms with E-state index in [1.54, 1.807) is 7.11 Å². The van der Waals surface area contributed by atoms with Gasteiger partial charge in [-0.3, -0.25) is 0 Å². The van der Waals surface area contributed by atoms with Crippen molar-refractivity contribution in [3.63, 3.8) is 0 Å². The molecule has 0 N–H and O–H groups in total. The quantitative estimate of drug-likeness (QED) is 0.339. The molecule has 0 aliphatic carbocycles. The highest BCUT2D eigenvalue weighted by molar-refractivity contribution is 6.06. The van der Waals surface area contributed by atoms with Crippen molar-refractivity contribution in [2.45, 2.75) is 13.8 Å². The minimum atomic E-state index is -0.346. The molecular weight excluding hydrogens is 374 g/mol. The summed E-state index contributed by atoms with van der Waals surface area (Å²) in [5.74, 6) is 0.416. The molecule has 150 valence electrons. The Morgan fingerprint density at radius 1 is 0.867 bits per heavy atom. The summed E-state index contributed by atoms with van der Waals surface area (Å²) in [4.78, 5) is 13.3. The first-order chi connectivity index (χ1) is 14.7. The summed E-state index contributed by atoms with van der Waals surface area (Å²) >= 11 is 0. The van der Waals surface area contributed by atoms with Crippen LogP contribution in [0.2, 0.25) is 0 Å². The number of methoxy groups -OCH3 is 1. The van der Waals surface area contributed by atoms with E-state index in [2.05, 4.69) is 12.1 Å². The molecule has 0 radical (unpaired) electrons. The van der Waals surface area contributed by atoms with Crippen molar-refractivity contribution in [2.75, 3.05) is 13.7 Å². The van der Waals surface area contributed by atoms with Gasteiger partial charge in [0.1, 0.15) is 5.75 Å². The molecule has 0 unspecified atom stereocenters. The van der Waals surface area contributed by atoms with Gasteiger partial charge < -0.3 is 9.47 Å². The van der Waals surface area contributed by atoms with Crippen LogP contribution in [0.1, 0.15) is 23.1 Å². The second-order valence-electron chi connectivity index (χ2n) is 6.97. The number of carbonyl (C=O) groups is 1. The minimum absolute atomic E-state index is 0.307. The first kappa shape index (κ1) is 19.6. The normalized spacial score (nSPS) is 10.8. The second-order valence-corrected chi connectivity index (χ2v) is 6.97. The molecule has 0 aliphatic heterocycles. The number of benzene rings is 3. The molecule has 1 heterocycles. The number of hydrogen-bond donors (Lipinski definition) is 0. The molecule has 0 fully saturated rings. The lowest BCUT2D eigenvalue weighted by atomic mass is 9.95. The maximum absolute atomic E-state index is 13.3. The topological polar surface area (TPSA) is 39.4 Å². The van der Waals surface area contributed by atoms with E-state index in [4.69, 9.17) is 9.47 Å². The Morgan fingerprint density at radius 2 is 1.50 bits per heavy atom. The van der Waals surface area contributed by atoms with Crippen LogP contribution in [0.25, 0.3) is 27.6 Å². The largest absolute Gasteiger partial charge is 0.497 e. The number of nitrogens with zero attached hydrogens (tertiary/aromatic N) is 1. The van der Waals surface area contributed by atoms with Gasteiger partial charge in [-0.05, 0) is 30.7 Å². The Balaban J connectivity index is 2.15. The zero-order valence-electron chi connectivity index (χ0n) is 17.4. The van der Waals surface area contributed by atoms with Gasteiger partial charge in [0.25, 0.3) is 0 Å². The van der Waals surface area contributed by atoms with Crippen molar-refractivity contribution in [1.82, 2.24) is 0 Å². The standard InChI is InChI=1S/C26H24NO3/c1-4-30-26(28)25-24(19-10-6-5-7-11-19)23-13-9-8-12-22(23)18(2)27(25)20-14-16-21(29-3)17-15-20/h5-17H,4H2,1-3H3/q+1. The predicted octanol–water partition coefficient (Wildman–Crippen LogP) is 5.28. The molecule has 0 saturated carbocycles. The van der Waals surface area contributed by atoms with Gasteiger partial charge in [0.05, 0.1) is 19.3 Å². The minimum Gasteiger partial charge on any atom is -0.497 e. The molecule has 0 amide bonds. The lowest BCUT2D eigenvalue weighted by Crippen LogP contribution is -2.42. The van der Waals surface area contributed by atoms with Crippen LogP contribution < -0.4 is 9.30 Å². The summed E-state index contributed by atoms with van der Waals surface area (Å²) in [5, 5.41) is 2.11. The van der Waals surface area contributed by atoms with Crippen LogP contribution in [0, 0.1) is 6.92 Å². The van der Waals surface area contributed by atoms with Crippen molar-refractivity contribution in [3.05, 3.63) is 90.3 Å². The maximum atomic E-state index is 13.3. The van der Waals surface area contributed by atoms with Crippen LogP contribution in [0.4, 0.5) is 0 Å².